The van der Waals surface area contributed by atoms with E-state index in [2.05, 4.69) is 103 Å². The molecule has 1 spiro atoms. The minimum absolute atomic E-state index is 0.412. The van der Waals surface area contributed by atoms with Crippen LogP contribution in [0.2, 0.25) is 0 Å². The van der Waals surface area contributed by atoms with E-state index in [-0.39, 0.29) is 0 Å². The number of hydrogen-bond acceptors (Lipinski definition) is 5. The fourth-order valence-electron chi connectivity index (χ4n) is 7.73. The molecule has 3 aromatic carbocycles. The summed E-state index contributed by atoms with van der Waals surface area (Å²) in [6.45, 7) is 4.63. The first-order valence-corrected chi connectivity index (χ1v) is 19.7. The van der Waals surface area contributed by atoms with Gasteiger partial charge in [0.2, 0.25) is 0 Å². The van der Waals surface area contributed by atoms with E-state index in [1.54, 1.807) is 6.20 Å². The Labute approximate surface area is 269 Å². The van der Waals surface area contributed by atoms with E-state index < -0.39 is 22.5 Å². The van der Waals surface area contributed by atoms with Crippen molar-refractivity contribution in [3.05, 3.63) is 119 Å². The molecule has 2 aliphatic heterocycles. The van der Waals surface area contributed by atoms with Gasteiger partial charge in [0.25, 0.3) is 0 Å². The zero-order valence-electron chi connectivity index (χ0n) is 25.3. The molecule has 8 nitrogen and oxygen atoms in total. The van der Waals surface area contributed by atoms with Crippen LogP contribution in [0, 0.1) is 3.57 Å². The van der Waals surface area contributed by atoms with Crippen LogP contribution in [0.5, 0.6) is 0 Å². The molecule has 5 aromatic heterocycles. The summed E-state index contributed by atoms with van der Waals surface area (Å²) in [6.07, 6.45) is 7.61. The average Bonchev–Trinajstić information content (AvgIpc) is 3.81. The van der Waals surface area contributed by atoms with Crippen molar-refractivity contribution in [1.29, 1.82) is 0 Å². The molecule has 7 heterocycles. The Morgan fingerprint density at radius 3 is 2.46 bits per heavy atom. The van der Waals surface area contributed by atoms with Gasteiger partial charge >= 0.3 is 270 Å². The molecule has 0 fully saturated rings. The number of rotatable bonds is 3. The summed E-state index contributed by atoms with van der Waals surface area (Å²) >= 11 is -3.90. The first-order chi connectivity index (χ1) is 22.7. The minimum atomic E-state index is -3.90. The number of alkyl halides is 1. The van der Waals surface area contributed by atoms with Crippen LogP contribution in [0.4, 0.5) is 0 Å². The van der Waals surface area contributed by atoms with Gasteiger partial charge in [0.15, 0.2) is 0 Å². The van der Waals surface area contributed by atoms with E-state index in [4.69, 9.17) is 24.5 Å². The van der Waals surface area contributed by atoms with Crippen molar-refractivity contribution >= 4 is 33.1 Å². The third kappa shape index (κ3) is 2.99. The molecular formula is C37H29IN7O+. The van der Waals surface area contributed by atoms with Gasteiger partial charge in [0.05, 0.1) is 0 Å². The number of pyridine rings is 2. The zero-order valence-corrected chi connectivity index (χ0v) is 27.5. The molecule has 0 radical (unpaired) electrons. The molecule has 224 valence electrons. The van der Waals surface area contributed by atoms with Crippen molar-refractivity contribution in [2.24, 2.45) is 0 Å². The van der Waals surface area contributed by atoms with Gasteiger partial charge < -0.3 is 0 Å². The summed E-state index contributed by atoms with van der Waals surface area (Å²) in [5.41, 5.74) is 8.02. The van der Waals surface area contributed by atoms with Gasteiger partial charge in [0, 0.05) is 0 Å². The van der Waals surface area contributed by atoms with E-state index >= 15 is 0 Å². The summed E-state index contributed by atoms with van der Waals surface area (Å²) in [6, 6.07) is 34.1. The van der Waals surface area contributed by atoms with Crippen LogP contribution in [0.15, 0.2) is 120 Å². The van der Waals surface area contributed by atoms with E-state index in [9.17, 15) is 0 Å². The van der Waals surface area contributed by atoms with Crippen molar-refractivity contribution in [1.82, 2.24) is 24.7 Å². The number of hydrogen-bond donors (Lipinski definition) is 0. The number of furan rings is 1. The maximum atomic E-state index is 6.49. The zero-order chi connectivity index (χ0) is 30.6. The monoisotopic (exact) mass is 714 g/mol. The first-order valence-electron chi connectivity index (χ1n) is 15.6. The summed E-state index contributed by atoms with van der Waals surface area (Å²) in [7, 11) is 0. The number of aromatic nitrogens is 7. The predicted molar refractivity (Wildman–Crippen MR) is 172 cm³/mol. The predicted octanol–water partition coefficient (Wildman–Crippen LogP) is 3.75. The normalized spacial score (nSPS) is 18.7. The van der Waals surface area contributed by atoms with Gasteiger partial charge in [-0.1, -0.05) is 0 Å². The van der Waals surface area contributed by atoms with Gasteiger partial charge in [-0.15, -0.1) is 0 Å². The van der Waals surface area contributed by atoms with Crippen LogP contribution >= 0.6 is 0 Å². The van der Waals surface area contributed by atoms with Crippen molar-refractivity contribution in [3.63, 3.8) is 0 Å². The van der Waals surface area contributed by atoms with Crippen LogP contribution in [0.3, 0.4) is 0 Å². The summed E-state index contributed by atoms with van der Waals surface area (Å²) < 4.78 is 15.0. The first kappa shape index (κ1) is 26.2. The Hall–Kier alpha value is -5.03. The molecule has 1 unspecified atom stereocenters. The Morgan fingerprint density at radius 2 is 1.59 bits per heavy atom. The maximum absolute atomic E-state index is 6.49. The SMILES string of the molecule is CCC1(CC)n2nc(-c3ccccc3)nc2-c2cccc[n+]2[I-]12c1ccc3oc4ccccc4c3c1-c1ccc3nccnc3[n+]12. The summed E-state index contributed by atoms with van der Waals surface area (Å²) in [5.74, 6) is 1.64. The fourth-order valence-corrected chi connectivity index (χ4v) is 21.3. The van der Waals surface area contributed by atoms with Crippen LogP contribution in [-0.2, 0) is 3.55 Å². The third-order valence-electron chi connectivity index (χ3n) is 9.68. The molecule has 1 atom stereocenters. The van der Waals surface area contributed by atoms with E-state index in [1.165, 1.54) is 9.13 Å². The molecule has 0 amide bonds. The number of benzene rings is 3. The number of para-hydroxylation sites is 1. The molecule has 8 aromatic rings. The summed E-state index contributed by atoms with van der Waals surface area (Å²) in [4.78, 5) is 15.2. The Bertz CT molecular complexity index is 2540. The topological polar surface area (TPSA) is 77.4 Å². The van der Waals surface area contributed by atoms with Gasteiger partial charge in [-0.25, -0.2) is 0 Å². The van der Waals surface area contributed by atoms with Crippen LogP contribution in [0.25, 0.3) is 67.3 Å². The molecule has 0 saturated carbocycles. The number of halogens is 1. The van der Waals surface area contributed by atoms with Crippen molar-refractivity contribution in [2.75, 3.05) is 0 Å². The van der Waals surface area contributed by atoms with Gasteiger partial charge in [-0.3, -0.25) is 0 Å². The molecular weight excluding hydrogens is 685 g/mol. The van der Waals surface area contributed by atoms with Crippen molar-refractivity contribution < 1.29 is 29.0 Å². The second-order valence-electron chi connectivity index (χ2n) is 11.7. The van der Waals surface area contributed by atoms with Crippen molar-refractivity contribution in [2.45, 2.75) is 30.2 Å². The van der Waals surface area contributed by atoms with E-state index in [0.717, 1.165) is 74.5 Å². The molecule has 9 heteroatoms. The van der Waals surface area contributed by atoms with Crippen LogP contribution in [-0.4, -0.2) is 24.7 Å². The quantitative estimate of drug-likeness (QED) is 0.206. The van der Waals surface area contributed by atoms with E-state index in [0.29, 0.717) is 0 Å². The number of nitrogens with zero attached hydrogens (tertiary/aromatic N) is 7. The Kier molecular flexibility index (Phi) is 5.28. The van der Waals surface area contributed by atoms with E-state index in [1.807, 2.05) is 30.5 Å². The molecule has 0 N–H and O–H groups in total. The third-order valence-corrected chi connectivity index (χ3v) is 21.7. The van der Waals surface area contributed by atoms with Gasteiger partial charge in [-0.2, -0.15) is 0 Å². The van der Waals surface area contributed by atoms with Gasteiger partial charge in [0.1, 0.15) is 0 Å². The molecule has 2 aliphatic rings. The molecule has 0 bridgehead atoms. The van der Waals surface area contributed by atoms with Crippen LogP contribution in [0.1, 0.15) is 26.7 Å². The average molecular weight is 715 g/mol. The Morgan fingerprint density at radius 1 is 0.783 bits per heavy atom. The molecule has 46 heavy (non-hydrogen) atoms. The summed E-state index contributed by atoms with van der Waals surface area (Å²) in [5, 5.41) is 7.71. The molecule has 0 saturated heterocycles. The molecule has 10 rings (SSSR count). The van der Waals surface area contributed by atoms with Crippen molar-refractivity contribution in [3.8, 4) is 34.2 Å². The Balaban J connectivity index is 1.45. The number of fused-ring (bicyclic) bond motifs is 15. The fraction of sp³-hybridized carbons (Fsp3) is 0.135. The van der Waals surface area contributed by atoms with Crippen LogP contribution < -0.4 is 24.5 Å². The second-order valence-corrected chi connectivity index (χ2v) is 19.8. The molecule has 0 aliphatic carbocycles. The second kappa shape index (κ2) is 9.26. The standard InChI is InChI=1S/C37H29IN7O/c1-3-37(4-2)38(43-23-11-10-15-29(43)36-41-34(42-45(36)37)24-12-6-5-7-13-24)26-17-20-31-32(25-14-8-9-16-30(25)46-31)33(26)28-19-18-27-35(44(28)38)40-22-21-39-27/h5-23H,3-4H2,1-2H3/q+1. The van der Waals surface area contributed by atoms with Gasteiger partial charge in [-0.05, 0) is 0 Å².